The number of nitrogens with zero attached hydrogens (tertiary/aromatic N) is 2. The monoisotopic (exact) mass is 363 g/mol. The van der Waals surface area contributed by atoms with Crippen LogP contribution in [0.2, 0.25) is 0 Å². The number of hydrogen-bond acceptors (Lipinski definition) is 6. The third-order valence-corrected chi connectivity index (χ3v) is 5.04. The summed E-state index contributed by atoms with van der Waals surface area (Å²) in [5, 5.41) is 7.23. The molecule has 26 heavy (non-hydrogen) atoms. The SMILES string of the molecule is COc1ccc2ccc(OC)c(/C=N/Nc3nc4ccccc4s3)c2c1. The Hall–Kier alpha value is -3.12. The Kier molecular flexibility index (Phi) is 4.41. The number of thiazole rings is 1. The molecule has 1 aromatic heterocycles. The molecule has 5 nitrogen and oxygen atoms in total. The molecule has 130 valence electrons. The molecular formula is C20H17N3O2S. The molecule has 3 aromatic carbocycles. The summed E-state index contributed by atoms with van der Waals surface area (Å²) >= 11 is 1.56. The van der Waals surface area contributed by atoms with Crippen LogP contribution >= 0.6 is 11.3 Å². The molecule has 0 saturated heterocycles. The second-order valence-corrected chi connectivity index (χ2v) is 6.66. The van der Waals surface area contributed by atoms with E-state index in [2.05, 4.69) is 15.5 Å². The molecule has 1 N–H and O–H groups in total. The van der Waals surface area contributed by atoms with Crippen molar-refractivity contribution in [1.82, 2.24) is 4.98 Å². The number of nitrogens with one attached hydrogen (secondary N) is 1. The first-order valence-corrected chi connectivity index (χ1v) is 8.89. The van der Waals surface area contributed by atoms with E-state index in [1.54, 1.807) is 31.8 Å². The van der Waals surface area contributed by atoms with Crippen molar-refractivity contribution in [2.24, 2.45) is 5.10 Å². The van der Waals surface area contributed by atoms with Crippen molar-refractivity contribution >= 4 is 43.7 Å². The van der Waals surface area contributed by atoms with E-state index in [1.807, 2.05) is 54.6 Å². The number of para-hydroxylation sites is 1. The van der Waals surface area contributed by atoms with Gasteiger partial charge < -0.3 is 9.47 Å². The number of anilines is 1. The van der Waals surface area contributed by atoms with Gasteiger partial charge in [-0.1, -0.05) is 35.6 Å². The Bertz CT molecular complexity index is 1070. The van der Waals surface area contributed by atoms with Crippen LogP contribution in [0.25, 0.3) is 21.0 Å². The Morgan fingerprint density at radius 3 is 2.69 bits per heavy atom. The molecule has 0 aliphatic rings. The summed E-state index contributed by atoms with van der Waals surface area (Å²) in [7, 11) is 3.31. The van der Waals surface area contributed by atoms with Crippen LogP contribution in [0.5, 0.6) is 11.5 Å². The van der Waals surface area contributed by atoms with Gasteiger partial charge in [-0.05, 0) is 41.1 Å². The van der Waals surface area contributed by atoms with E-state index in [1.165, 1.54) is 0 Å². The summed E-state index contributed by atoms with van der Waals surface area (Å²) in [6.07, 6.45) is 1.76. The van der Waals surface area contributed by atoms with Crippen LogP contribution in [-0.4, -0.2) is 25.4 Å². The van der Waals surface area contributed by atoms with Crippen molar-refractivity contribution in [3.05, 3.63) is 60.2 Å². The summed E-state index contributed by atoms with van der Waals surface area (Å²) in [6, 6.07) is 17.9. The quantitative estimate of drug-likeness (QED) is 0.404. The van der Waals surface area contributed by atoms with Gasteiger partial charge in [0.25, 0.3) is 0 Å². The molecule has 0 saturated carbocycles. The Morgan fingerprint density at radius 1 is 1.04 bits per heavy atom. The van der Waals surface area contributed by atoms with Gasteiger partial charge >= 0.3 is 0 Å². The van der Waals surface area contributed by atoms with Gasteiger partial charge in [0.05, 0.1) is 30.7 Å². The molecule has 0 fully saturated rings. The Labute approximate surface area is 154 Å². The van der Waals surface area contributed by atoms with Gasteiger partial charge in [0.2, 0.25) is 5.13 Å². The number of hydrazone groups is 1. The van der Waals surface area contributed by atoms with Crippen LogP contribution < -0.4 is 14.9 Å². The maximum absolute atomic E-state index is 5.50. The van der Waals surface area contributed by atoms with E-state index >= 15 is 0 Å². The summed E-state index contributed by atoms with van der Waals surface area (Å²) in [5.41, 5.74) is 4.86. The van der Waals surface area contributed by atoms with Crippen molar-refractivity contribution in [2.75, 3.05) is 19.6 Å². The number of methoxy groups -OCH3 is 2. The van der Waals surface area contributed by atoms with Crippen LogP contribution in [0.1, 0.15) is 5.56 Å². The number of hydrogen-bond donors (Lipinski definition) is 1. The van der Waals surface area contributed by atoms with Crippen molar-refractivity contribution < 1.29 is 9.47 Å². The third kappa shape index (κ3) is 3.07. The second kappa shape index (κ2) is 7.01. The molecule has 6 heteroatoms. The van der Waals surface area contributed by atoms with Crippen LogP contribution in [0, 0.1) is 0 Å². The van der Waals surface area contributed by atoms with Gasteiger partial charge in [0, 0.05) is 5.56 Å². The topological polar surface area (TPSA) is 55.7 Å². The molecule has 4 rings (SSSR count). The lowest BCUT2D eigenvalue weighted by molar-refractivity contribution is 0.413. The van der Waals surface area contributed by atoms with Gasteiger partial charge in [-0.25, -0.2) is 4.98 Å². The fourth-order valence-electron chi connectivity index (χ4n) is 2.81. The minimum Gasteiger partial charge on any atom is -0.497 e. The highest BCUT2D eigenvalue weighted by molar-refractivity contribution is 7.22. The number of ether oxygens (including phenoxy) is 2. The molecule has 0 amide bonds. The lowest BCUT2D eigenvalue weighted by atomic mass is 10.0. The van der Waals surface area contributed by atoms with Gasteiger partial charge in [-0.2, -0.15) is 5.10 Å². The standard InChI is InChI=1S/C20H17N3O2S/c1-24-14-9-7-13-8-10-18(25-2)16(15(13)11-14)12-21-23-20-22-17-5-3-4-6-19(17)26-20/h3-12H,1-2H3,(H,22,23)/b21-12+. The van der Waals surface area contributed by atoms with Crippen molar-refractivity contribution in [1.29, 1.82) is 0 Å². The molecular weight excluding hydrogens is 346 g/mol. The van der Waals surface area contributed by atoms with Gasteiger partial charge in [-0.3, -0.25) is 5.43 Å². The zero-order valence-electron chi connectivity index (χ0n) is 14.4. The highest BCUT2D eigenvalue weighted by Crippen LogP contribution is 2.30. The number of fused-ring (bicyclic) bond motifs is 2. The summed E-state index contributed by atoms with van der Waals surface area (Å²) in [4.78, 5) is 4.52. The summed E-state index contributed by atoms with van der Waals surface area (Å²) in [6.45, 7) is 0. The van der Waals surface area contributed by atoms with Crippen molar-refractivity contribution in [3.63, 3.8) is 0 Å². The lowest BCUT2D eigenvalue weighted by Crippen LogP contribution is -1.96. The fourth-order valence-corrected chi connectivity index (χ4v) is 3.63. The first-order valence-electron chi connectivity index (χ1n) is 8.08. The van der Waals surface area contributed by atoms with E-state index < -0.39 is 0 Å². The van der Waals surface area contributed by atoms with Crippen LogP contribution in [0.4, 0.5) is 5.13 Å². The predicted octanol–water partition coefficient (Wildman–Crippen LogP) is 4.91. The normalized spacial score (nSPS) is 11.3. The minimum atomic E-state index is 0.749. The predicted molar refractivity (Wildman–Crippen MR) is 108 cm³/mol. The first-order chi connectivity index (χ1) is 12.8. The largest absolute Gasteiger partial charge is 0.497 e. The smallest absolute Gasteiger partial charge is 0.204 e. The van der Waals surface area contributed by atoms with Gasteiger partial charge in [-0.15, -0.1) is 0 Å². The molecule has 0 bridgehead atoms. The second-order valence-electron chi connectivity index (χ2n) is 5.63. The molecule has 0 spiro atoms. The Morgan fingerprint density at radius 2 is 1.88 bits per heavy atom. The van der Waals surface area contributed by atoms with E-state index in [-0.39, 0.29) is 0 Å². The molecule has 0 radical (unpaired) electrons. The molecule has 0 aliphatic heterocycles. The minimum absolute atomic E-state index is 0.749. The molecule has 0 unspecified atom stereocenters. The zero-order valence-corrected chi connectivity index (χ0v) is 15.2. The van der Waals surface area contributed by atoms with E-state index in [9.17, 15) is 0 Å². The number of benzene rings is 3. The van der Waals surface area contributed by atoms with Crippen molar-refractivity contribution in [3.8, 4) is 11.5 Å². The third-order valence-electron chi connectivity index (χ3n) is 4.10. The van der Waals surface area contributed by atoms with E-state index in [0.717, 1.165) is 43.2 Å². The lowest BCUT2D eigenvalue weighted by Gasteiger charge is -2.10. The maximum Gasteiger partial charge on any atom is 0.204 e. The average molecular weight is 363 g/mol. The van der Waals surface area contributed by atoms with E-state index in [0.29, 0.717) is 0 Å². The first kappa shape index (κ1) is 16.4. The molecule has 4 aromatic rings. The molecule has 1 heterocycles. The van der Waals surface area contributed by atoms with E-state index in [4.69, 9.17) is 9.47 Å². The highest BCUT2D eigenvalue weighted by atomic mass is 32.1. The average Bonchev–Trinajstić information content (AvgIpc) is 3.10. The molecule has 0 aliphatic carbocycles. The summed E-state index contributed by atoms with van der Waals surface area (Å²) in [5.74, 6) is 1.54. The van der Waals surface area contributed by atoms with Crippen LogP contribution in [0.15, 0.2) is 59.7 Å². The van der Waals surface area contributed by atoms with Crippen molar-refractivity contribution in [2.45, 2.75) is 0 Å². The van der Waals surface area contributed by atoms with Gasteiger partial charge in [0.15, 0.2) is 0 Å². The fraction of sp³-hybridized carbons (Fsp3) is 0.100. The van der Waals surface area contributed by atoms with Crippen LogP contribution in [0.3, 0.4) is 0 Å². The summed E-state index contributed by atoms with van der Waals surface area (Å²) < 4.78 is 12.0. The van der Waals surface area contributed by atoms with Gasteiger partial charge in [0.1, 0.15) is 11.5 Å². The maximum atomic E-state index is 5.50. The molecule has 0 atom stereocenters. The number of rotatable bonds is 5. The zero-order chi connectivity index (χ0) is 17.9. The highest BCUT2D eigenvalue weighted by Gasteiger charge is 2.08. The Balaban J connectivity index is 1.69. The number of aromatic nitrogens is 1. The van der Waals surface area contributed by atoms with Crippen LogP contribution in [-0.2, 0) is 0 Å².